The Morgan fingerprint density at radius 3 is 1.97 bits per heavy atom. The fraction of sp³-hybridized carbons (Fsp3) is 0.500. The summed E-state index contributed by atoms with van der Waals surface area (Å²) in [5, 5.41) is 18.3. The molecule has 0 aromatic heterocycles. The van der Waals surface area contributed by atoms with Crippen molar-refractivity contribution < 1.29 is 15.0 Å². The molecule has 0 fully saturated rings. The summed E-state index contributed by atoms with van der Waals surface area (Å²) in [5.74, 6) is -0.750. The molecule has 0 heterocycles. The Morgan fingerprint density at radius 1 is 0.968 bits per heavy atom. The first-order chi connectivity index (χ1) is 14.6. The van der Waals surface area contributed by atoms with Crippen molar-refractivity contribution in [3.8, 4) is 0 Å². The predicted octanol–water partition coefficient (Wildman–Crippen LogP) is 6.20. The van der Waals surface area contributed by atoms with Crippen LogP contribution in [0.3, 0.4) is 0 Å². The Labute approximate surface area is 192 Å². The van der Waals surface area contributed by atoms with E-state index in [1.54, 1.807) is 13.8 Å². The predicted molar refractivity (Wildman–Crippen MR) is 130 cm³/mol. The highest BCUT2D eigenvalue weighted by molar-refractivity contribution is 6.31. The molecule has 4 nitrogen and oxygen atoms in total. The van der Waals surface area contributed by atoms with Crippen LogP contribution in [0.15, 0.2) is 48.5 Å². The highest BCUT2D eigenvalue weighted by Crippen LogP contribution is 2.34. The third-order valence-corrected chi connectivity index (χ3v) is 5.66. The average molecular weight is 448 g/mol. The minimum absolute atomic E-state index is 0.0375. The molecular weight excluding hydrogens is 410 g/mol. The highest BCUT2D eigenvalue weighted by Gasteiger charge is 2.21. The fourth-order valence-electron chi connectivity index (χ4n) is 3.54. The second-order valence-corrected chi connectivity index (χ2v) is 9.09. The molecule has 0 unspecified atom stereocenters. The third kappa shape index (κ3) is 9.02. The quantitative estimate of drug-likeness (QED) is 0.480. The van der Waals surface area contributed by atoms with Crippen LogP contribution in [-0.4, -0.2) is 39.7 Å². The van der Waals surface area contributed by atoms with Crippen LogP contribution in [0.2, 0.25) is 5.02 Å². The van der Waals surface area contributed by atoms with E-state index in [2.05, 4.69) is 62.9 Å². The van der Waals surface area contributed by atoms with E-state index in [1.165, 1.54) is 5.56 Å². The summed E-state index contributed by atoms with van der Waals surface area (Å²) < 4.78 is 0. The molecule has 172 valence electrons. The van der Waals surface area contributed by atoms with Crippen molar-refractivity contribution in [1.29, 1.82) is 0 Å². The topological polar surface area (TPSA) is 60.8 Å². The number of hydrogen-bond acceptors (Lipinski definition) is 3. The van der Waals surface area contributed by atoms with Gasteiger partial charge in [-0.2, -0.15) is 0 Å². The van der Waals surface area contributed by atoms with E-state index in [0.717, 1.165) is 29.1 Å². The number of aliphatic hydroxyl groups excluding tert-OH is 1. The number of hydrogen-bond donors (Lipinski definition) is 2. The lowest BCUT2D eigenvalue weighted by Gasteiger charge is -2.32. The van der Waals surface area contributed by atoms with E-state index in [1.807, 2.05) is 18.2 Å². The average Bonchev–Trinajstić information content (AvgIpc) is 2.72. The Bertz CT molecular complexity index is 782. The molecule has 1 atom stereocenters. The van der Waals surface area contributed by atoms with E-state index >= 15 is 0 Å². The summed E-state index contributed by atoms with van der Waals surface area (Å²) in [4.78, 5) is 12.2. The summed E-state index contributed by atoms with van der Waals surface area (Å²) in [6.07, 6.45) is 0.995. The number of rotatable bonds is 9. The number of carboxylic acid groups (broad SMARTS) is 1. The van der Waals surface area contributed by atoms with Crippen molar-refractivity contribution in [3.63, 3.8) is 0 Å². The number of carbonyl (C=O) groups is 1. The monoisotopic (exact) mass is 447 g/mol. The summed E-state index contributed by atoms with van der Waals surface area (Å²) in [7, 11) is 0. The molecule has 0 spiro atoms. The molecule has 0 aliphatic carbocycles. The lowest BCUT2D eigenvalue weighted by molar-refractivity contribution is -0.140. The number of aliphatic carboxylic acids is 1. The molecule has 0 radical (unpaired) electrons. The van der Waals surface area contributed by atoms with E-state index in [-0.39, 0.29) is 18.4 Å². The normalized spacial score (nSPS) is 12.3. The van der Waals surface area contributed by atoms with Crippen LogP contribution < -0.4 is 0 Å². The molecule has 2 rings (SSSR count). The van der Waals surface area contributed by atoms with Gasteiger partial charge in [-0.15, -0.1) is 0 Å². The van der Waals surface area contributed by atoms with Gasteiger partial charge in [-0.05, 0) is 63.4 Å². The Balaban J connectivity index is 0.000000703. The number of nitrogens with zero attached hydrogens (tertiary/aromatic N) is 1. The molecule has 5 heteroatoms. The van der Waals surface area contributed by atoms with Crippen molar-refractivity contribution in [1.82, 2.24) is 4.90 Å². The first-order valence-electron chi connectivity index (χ1n) is 11.0. The van der Waals surface area contributed by atoms with Gasteiger partial charge in [0.05, 0.1) is 12.5 Å². The van der Waals surface area contributed by atoms with Gasteiger partial charge < -0.3 is 10.2 Å². The van der Waals surface area contributed by atoms with E-state index in [0.29, 0.717) is 12.1 Å². The van der Waals surface area contributed by atoms with Crippen LogP contribution in [0.4, 0.5) is 0 Å². The second-order valence-electron chi connectivity index (χ2n) is 8.68. The van der Waals surface area contributed by atoms with Crippen LogP contribution in [0.5, 0.6) is 0 Å². The van der Waals surface area contributed by atoms with E-state index in [9.17, 15) is 9.90 Å². The van der Waals surface area contributed by atoms with Gasteiger partial charge in [0, 0.05) is 23.0 Å². The molecule has 0 aliphatic rings. The smallest absolute Gasteiger partial charge is 0.305 e. The number of benzene rings is 2. The van der Waals surface area contributed by atoms with E-state index < -0.39 is 5.97 Å². The first kappa shape index (κ1) is 27.2. The molecule has 0 saturated heterocycles. The Morgan fingerprint density at radius 2 is 1.52 bits per heavy atom. The van der Waals surface area contributed by atoms with Gasteiger partial charge in [0.2, 0.25) is 0 Å². The van der Waals surface area contributed by atoms with Gasteiger partial charge in [-0.25, -0.2) is 0 Å². The molecule has 0 aliphatic heterocycles. The van der Waals surface area contributed by atoms with Crippen molar-refractivity contribution >= 4 is 17.6 Å². The maximum atomic E-state index is 9.70. The minimum atomic E-state index is -0.741. The van der Waals surface area contributed by atoms with Crippen LogP contribution in [0.1, 0.15) is 70.6 Å². The van der Waals surface area contributed by atoms with Crippen LogP contribution in [-0.2, 0) is 11.4 Å². The van der Waals surface area contributed by atoms with Gasteiger partial charge in [-0.3, -0.25) is 9.69 Å². The zero-order chi connectivity index (χ0) is 23.6. The van der Waals surface area contributed by atoms with Gasteiger partial charge in [0.25, 0.3) is 0 Å². The van der Waals surface area contributed by atoms with Crippen molar-refractivity contribution in [2.75, 3.05) is 6.54 Å². The summed E-state index contributed by atoms with van der Waals surface area (Å²) in [5.41, 5.74) is 3.28. The largest absolute Gasteiger partial charge is 0.481 e. The van der Waals surface area contributed by atoms with Crippen molar-refractivity contribution in [2.24, 2.45) is 5.92 Å². The zero-order valence-corrected chi connectivity index (χ0v) is 20.4. The maximum absolute atomic E-state index is 9.70. The molecular formula is C26H38ClNO3. The van der Waals surface area contributed by atoms with Gasteiger partial charge >= 0.3 is 5.97 Å². The Hall–Kier alpha value is -1.88. The number of halogens is 1. The fourth-order valence-corrected chi connectivity index (χ4v) is 3.79. The summed E-state index contributed by atoms with van der Waals surface area (Å²) >= 11 is 6.54. The summed E-state index contributed by atoms with van der Waals surface area (Å²) in [6, 6.07) is 17.4. The first-order valence-corrected chi connectivity index (χ1v) is 11.4. The molecule has 2 N–H and O–H groups in total. The molecule has 0 saturated carbocycles. The highest BCUT2D eigenvalue weighted by atomic mass is 35.5. The molecule has 0 bridgehead atoms. The van der Waals surface area contributed by atoms with Crippen molar-refractivity contribution in [3.05, 3.63) is 70.2 Å². The van der Waals surface area contributed by atoms with E-state index in [4.69, 9.17) is 16.7 Å². The SMILES string of the molecule is CC(C)C(=O)O.CC(C)N(CC[C@H](c1ccccc1)c1cc(CO)ccc1Cl)C(C)C. The third-order valence-electron chi connectivity index (χ3n) is 5.32. The van der Waals surface area contributed by atoms with Crippen molar-refractivity contribution in [2.45, 2.75) is 72.6 Å². The van der Waals surface area contributed by atoms with Gasteiger partial charge in [-0.1, -0.05) is 67.9 Å². The lowest BCUT2D eigenvalue weighted by atomic mass is 9.87. The van der Waals surface area contributed by atoms with Crippen LogP contribution >= 0.6 is 11.6 Å². The zero-order valence-electron chi connectivity index (χ0n) is 19.7. The van der Waals surface area contributed by atoms with Crippen LogP contribution in [0, 0.1) is 5.92 Å². The van der Waals surface area contributed by atoms with Crippen LogP contribution in [0.25, 0.3) is 0 Å². The number of aliphatic hydroxyl groups is 1. The molecule has 2 aromatic carbocycles. The minimum Gasteiger partial charge on any atom is -0.481 e. The molecule has 2 aromatic rings. The standard InChI is InChI=1S/C22H30ClNO.C4H8O2/c1-16(2)24(17(3)4)13-12-20(19-8-6-5-7-9-19)21-14-18(15-25)10-11-22(21)23;1-3(2)4(5)6/h5-11,14,16-17,20,25H,12-13,15H2,1-4H3;3H,1-2H3,(H,5,6)/t20-;/m1./s1. The lowest BCUT2D eigenvalue weighted by Crippen LogP contribution is -2.38. The molecule has 0 amide bonds. The molecule has 31 heavy (non-hydrogen) atoms. The van der Waals surface area contributed by atoms with Gasteiger partial charge in [0.1, 0.15) is 0 Å². The van der Waals surface area contributed by atoms with Gasteiger partial charge in [0.15, 0.2) is 0 Å². The Kier molecular flexibility index (Phi) is 11.8. The second kappa shape index (κ2) is 13.5. The summed E-state index contributed by atoms with van der Waals surface area (Å²) in [6.45, 7) is 13.3. The number of carboxylic acids is 1. The maximum Gasteiger partial charge on any atom is 0.305 e.